The van der Waals surface area contributed by atoms with Gasteiger partial charge in [-0.3, -0.25) is 9.78 Å². The van der Waals surface area contributed by atoms with Gasteiger partial charge in [-0.05, 0) is 12.1 Å². The fourth-order valence-electron chi connectivity index (χ4n) is 1.31. The minimum atomic E-state index is 0.0805. The highest BCUT2D eigenvalue weighted by atomic mass is 32.2. The summed E-state index contributed by atoms with van der Waals surface area (Å²) in [6.45, 7) is 0. The van der Waals surface area contributed by atoms with E-state index in [4.69, 9.17) is 4.42 Å². The molecule has 100 valence electrons. The van der Waals surface area contributed by atoms with E-state index in [1.807, 2.05) is 12.1 Å². The third-order valence-corrected chi connectivity index (χ3v) is 3.15. The molecule has 0 saturated heterocycles. The Balaban J connectivity index is 1.90. The second-order valence-corrected chi connectivity index (χ2v) is 5.02. The molecule has 0 aromatic carbocycles. The molecule has 0 fully saturated rings. The molecule has 0 aliphatic heterocycles. The van der Waals surface area contributed by atoms with Crippen LogP contribution in [0.3, 0.4) is 0 Å². The Bertz CT molecular complexity index is 542. The maximum atomic E-state index is 11.4. The van der Waals surface area contributed by atoms with Crippen molar-refractivity contribution in [3.05, 3.63) is 24.4 Å². The van der Waals surface area contributed by atoms with Crippen LogP contribution in [0.5, 0.6) is 0 Å². The van der Waals surface area contributed by atoms with Crippen molar-refractivity contribution in [1.29, 1.82) is 0 Å². The number of amides is 1. The zero-order valence-electron chi connectivity index (χ0n) is 10.7. The highest BCUT2D eigenvalue weighted by Crippen LogP contribution is 2.21. The minimum Gasteiger partial charge on any atom is -0.410 e. The van der Waals surface area contributed by atoms with Crippen LogP contribution in [0.4, 0.5) is 0 Å². The molecule has 1 amide bonds. The Morgan fingerprint density at radius 2 is 2.21 bits per heavy atom. The Morgan fingerprint density at radius 3 is 2.89 bits per heavy atom. The van der Waals surface area contributed by atoms with Crippen molar-refractivity contribution in [3.8, 4) is 11.6 Å². The predicted octanol–water partition coefficient (Wildman–Crippen LogP) is 1.70. The normalized spacial score (nSPS) is 10.4. The molecule has 0 aliphatic carbocycles. The van der Waals surface area contributed by atoms with Gasteiger partial charge in [-0.2, -0.15) is 0 Å². The molecule has 2 rings (SSSR count). The first-order chi connectivity index (χ1) is 9.16. The van der Waals surface area contributed by atoms with Crippen LogP contribution in [0.2, 0.25) is 0 Å². The lowest BCUT2D eigenvalue weighted by molar-refractivity contribution is -0.128. The van der Waals surface area contributed by atoms with E-state index in [2.05, 4.69) is 15.2 Å². The van der Waals surface area contributed by atoms with E-state index in [9.17, 15) is 4.79 Å². The first kappa shape index (κ1) is 13.5. The van der Waals surface area contributed by atoms with Gasteiger partial charge in [0.05, 0.1) is 0 Å². The third kappa shape index (κ3) is 3.78. The maximum Gasteiger partial charge on any atom is 0.276 e. The molecule has 0 unspecified atom stereocenters. The van der Waals surface area contributed by atoms with Gasteiger partial charge in [0.2, 0.25) is 5.91 Å². The number of thioether (sulfide) groups is 1. The lowest BCUT2D eigenvalue weighted by Gasteiger charge is -2.08. The number of pyridine rings is 1. The standard InChI is InChI=1S/C12H14N4O2S/c1-16(2)10(17)6-8-19-12-15-14-11(18-12)9-5-3-4-7-13-9/h3-5,7H,6,8H2,1-2H3. The molecule has 0 radical (unpaired) electrons. The molecule has 19 heavy (non-hydrogen) atoms. The van der Waals surface area contributed by atoms with Crippen LogP contribution in [-0.2, 0) is 4.79 Å². The van der Waals surface area contributed by atoms with E-state index in [0.717, 1.165) is 0 Å². The second-order valence-electron chi connectivity index (χ2n) is 3.97. The molecule has 2 aromatic heterocycles. The lowest BCUT2D eigenvalue weighted by Crippen LogP contribution is -2.21. The zero-order chi connectivity index (χ0) is 13.7. The van der Waals surface area contributed by atoms with E-state index in [1.54, 1.807) is 31.3 Å². The van der Waals surface area contributed by atoms with Crippen molar-refractivity contribution in [1.82, 2.24) is 20.1 Å². The fraction of sp³-hybridized carbons (Fsp3) is 0.333. The molecule has 0 spiro atoms. The van der Waals surface area contributed by atoms with Crippen molar-refractivity contribution in [3.63, 3.8) is 0 Å². The van der Waals surface area contributed by atoms with Gasteiger partial charge in [-0.15, -0.1) is 10.2 Å². The maximum absolute atomic E-state index is 11.4. The average Bonchev–Trinajstić information content (AvgIpc) is 2.88. The van der Waals surface area contributed by atoms with Crippen molar-refractivity contribution in [2.75, 3.05) is 19.8 Å². The summed E-state index contributed by atoms with van der Waals surface area (Å²) < 4.78 is 5.47. The summed E-state index contributed by atoms with van der Waals surface area (Å²) in [6, 6.07) is 5.48. The number of aromatic nitrogens is 3. The van der Waals surface area contributed by atoms with E-state index in [0.29, 0.717) is 29.0 Å². The highest BCUT2D eigenvalue weighted by Gasteiger charge is 2.11. The van der Waals surface area contributed by atoms with E-state index >= 15 is 0 Å². The van der Waals surface area contributed by atoms with Crippen molar-refractivity contribution >= 4 is 17.7 Å². The van der Waals surface area contributed by atoms with Crippen molar-refractivity contribution < 1.29 is 9.21 Å². The van der Waals surface area contributed by atoms with Gasteiger partial charge in [0.15, 0.2) is 0 Å². The Kier molecular flexibility index (Phi) is 4.51. The molecule has 0 atom stereocenters. The first-order valence-electron chi connectivity index (χ1n) is 5.74. The molecule has 0 N–H and O–H groups in total. The first-order valence-corrected chi connectivity index (χ1v) is 6.73. The number of hydrogen-bond donors (Lipinski definition) is 0. The lowest BCUT2D eigenvalue weighted by atomic mass is 10.3. The summed E-state index contributed by atoms with van der Waals surface area (Å²) >= 11 is 1.37. The molecular formula is C12H14N4O2S. The topological polar surface area (TPSA) is 72.1 Å². The van der Waals surface area contributed by atoms with Crippen LogP contribution < -0.4 is 0 Å². The van der Waals surface area contributed by atoms with Crippen LogP contribution in [0.25, 0.3) is 11.6 Å². The van der Waals surface area contributed by atoms with Crippen LogP contribution in [-0.4, -0.2) is 45.8 Å². The summed E-state index contributed by atoms with van der Waals surface area (Å²) in [5, 5.41) is 8.29. The molecule has 2 aromatic rings. The second kappa shape index (κ2) is 6.33. The summed E-state index contributed by atoms with van der Waals surface area (Å²) in [5.74, 6) is 1.08. The molecule has 6 nitrogen and oxygen atoms in total. The van der Waals surface area contributed by atoms with E-state index in [1.165, 1.54) is 11.8 Å². The summed E-state index contributed by atoms with van der Waals surface area (Å²) in [4.78, 5) is 17.1. The average molecular weight is 278 g/mol. The highest BCUT2D eigenvalue weighted by molar-refractivity contribution is 7.99. The third-order valence-electron chi connectivity index (χ3n) is 2.33. The monoisotopic (exact) mass is 278 g/mol. The molecule has 0 saturated carbocycles. The quantitative estimate of drug-likeness (QED) is 0.775. The largest absolute Gasteiger partial charge is 0.410 e. The van der Waals surface area contributed by atoms with Gasteiger partial charge >= 0.3 is 0 Å². The van der Waals surface area contributed by atoms with Crippen LogP contribution in [0.1, 0.15) is 6.42 Å². The summed E-state index contributed by atoms with van der Waals surface area (Å²) in [6.07, 6.45) is 2.11. The van der Waals surface area contributed by atoms with Gasteiger partial charge in [0.25, 0.3) is 11.1 Å². The number of carbonyl (C=O) groups excluding carboxylic acids is 1. The Hall–Kier alpha value is -1.89. The SMILES string of the molecule is CN(C)C(=O)CCSc1nnc(-c2ccccn2)o1. The van der Waals surface area contributed by atoms with Gasteiger partial charge in [-0.25, -0.2) is 0 Å². The van der Waals surface area contributed by atoms with Gasteiger partial charge in [0, 0.05) is 32.5 Å². The number of carbonyl (C=O) groups is 1. The molecular weight excluding hydrogens is 264 g/mol. The Labute approximate surface area is 115 Å². The predicted molar refractivity (Wildman–Crippen MR) is 71.6 cm³/mol. The van der Waals surface area contributed by atoms with Crippen molar-refractivity contribution in [2.24, 2.45) is 0 Å². The van der Waals surface area contributed by atoms with Gasteiger partial charge in [0.1, 0.15) is 5.69 Å². The molecule has 7 heteroatoms. The zero-order valence-corrected chi connectivity index (χ0v) is 11.6. The van der Waals surface area contributed by atoms with Crippen LogP contribution >= 0.6 is 11.8 Å². The smallest absolute Gasteiger partial charge is 0.276 e. The molecule has 2 heterocycles. The van der Waals surface area contributed by atoms with Crippen LogP contribution in [0.15, 0.2) is 34.0 Å². The molecule has 0 aliphatic rings. The number of nitrogens with zero attached hydrogens (tertiary/aromatic N) is 4. The summed E-state index contributed by atoms with van der Waals surface area (Å²) in [7, 11) is 3.47. The fourth-order valence-corrected chi connectivity index (χ4v) is 2.00. The van der Waals surface area contributed by atoms with E-state index in [-0.39, 0.29) is 5.91 Å². The Morgan fingerprint density at radius 1 is 1.37 bits per heavy atom. The van der Waals surface area contributed by atoms with Crippen LogP contribution in [0, 0.1) is 0 Å². The summed E-state index contributed by atoms with van der Waals surface area (Å²) in [5.41, 5.74) is 0.645. The van der Waals surface area contributed by atoms with Gasteiger partial charge in [-0.1, -0.05) is 17.8 Å². The minimum absolute atomic E-state index is 0.0805. The number of rotatable bonds is 5. The van der Waals surface area contributed by atoms with Gasteiger partial charge < -0.3 is 9.32 Å². The number of hydrogen-bond acceptors (Lipinski definition) is 6. The van der Waals surface area contributed by atoms with E-state index < -0.39 is 0 Å². The van der Waals surface area contributed by atoms with Crippen molar-refractivity contribution in [2.45, 2.75) is 11.6 Å². The molecule has 0 bridgehead atoms.